The van der Waals surface area contributed by atoms with Crippen molar-refractivity contribution in [3.05, 3.63) is 128 Å². The van der Waals surface area contributed by atoms with Crippen LogP contribution >= 0.6 is 31.9 Å². The molecule has 0 saturated carbocycles. The quantitative estimate of drug-likeness (QED) is 0.179. The van der Waals surface area contributed by atoms with E-state index in [0.29, 0.717) is 0 Å². The van der Waals surface area contributed by atoms with Gasteiger partial charge in [0.2, 0.25) is 0 Å². The van der Waals surface area contributed by atoms with Crippen LogP contribution in [0.4, 0.5) is 0 Å². The Kier molecular flexibility index (Phi) is 3.67. The zero-order valence-corrected chi connectivity index (χ0v) is 21.1. The first-order valence-electron chi connectivity index (χ1n) is 11.3. The highest BCUT2D eigenvalue weighted by atomic mass is 79.9. The summed E-state index contributed by atoms with van der Waals surface area (Å²) in [7, 11) is 0. The maximum absolute atomic E-state index is 6.56. The van der Waals surface area contributed by atoms with E-state index in [1.165, 1.54) is 49.9 Å². The highest BCUT2D eigenvalue weighted by Crippen LogP contribution is 2.64. The van der Waals surface area contributed by atoms with Crippen LogP contribution < -0.4 is 0 Å². The lowest BCUT2D eigenvalue weighted by Gasteiger charge is -2.30. The molecule has 0 amide bonds. The largest absolute Gasteiger partial charge is 0.455 e. The maximum atomic E-state index is 6.56. The second-order valence-corrected chi connectivity index (χ2v) is 11.0. The van der Waals surface area contributed by atoms with E-state index >= 15 is 0 Å². The van der Waals surface area contributed by atoms with Crippen molar-refractivity contribution in [1.82, 2.24) is 0 Å². The normalized spacial score (nSPS) is 14.4. The summed E-state index contributed by atoms with van der Waals surface area (Å²) < 4.78 is 8.74. The predicted molar refractivity (Wildman–Crippen MR) is 145 cm³/mol. The Morgan fingerprint density at radius 1 is 0.529 bits per heavy atom. The van der Waals surface area contributed by atoms with Crippen LogP contribution in [0.1, 0.15) is 22.3 Å². The molecule has 0 aliphatic heterocycles. The van der Waals surface area contributed by atoms with E-state index in [1.807, 2.05) is 6.07 Å². The average Bonchev–Trinajstić information content (AvgIpc) is 3.47. The molecule has 1 spiro atoms. The maximum Gasteiger partial charge on any atom is 0.143 e. The third-order valence-corrected chi connectivity index (χ3v) is 8.60. The van der Waals surface area contributed by atoms with E-state index in [0.717, 1.165) is 25.5 Å². The topological polar surface area (TPSA) is 13.1 Å². The van der Waals surface area contributed by atoms with Gasteiger partial charge in [-0.15, -0.1) is 0 Å². The Hall–Kier alpha value is -3.14. The van der Waals surface area contributed by atoms with Gasteiger partial charge >= 0.3 is 0 Å². The second kappa shape index (κ2) is 6.50. The Labute approximate surface area is 213 Å². The molecule has 0 fully saturated rings. The van der Waals surface area contributed by atoms with Crippen LogP contribution in [0.2, 0.25) is 0 Å². The molecular formula is C31H16Br2O. The van der Waals surface area contributed by atoms with Crippen molar-refractivity contribution in [3.63, 3.8) is 0 Å². The van der Waals surface area contributed by atoms with Crippen LogP contribution in [0, 0.1) is 0 Å². The van der Waals surface area contributed by atoms with Gasteiger partial charge in [-0.3, -0.25) is 0 Å². The third kappa shape index (κ3) is 2.16. The SMILES string of the molecule is Brc1ccc2c(c1)C1(c3cc(Br)ccc3-2)c2ccccc2-c2c1ccc1c2oc2ccccc21. The zero-order chi connectivity index (χ0) is 22.6. The minimum Gasteiger partial charge on any atom is -0.455 e. The fourth-order valence-electron chi connectivity index (χ4n) is 6.39. The summed E-state index contributed by atoms with van der Waals surface area (Å²) in [6, 6.07) is 35.2. The average molecular weight is 564 g/mol. The fourth-order valence-corrected chi connectivity index (χ4v) is 7.11. The molecule has 0 atom stereocenters. The summed E-state index contributed by atoms with van der Waals surface area (Å²) in [4.78, 5) is 0. The van der Waals surface area contributed by atoms with Crippen molar-refractivity contribution >= 4 is 53.8 Å². The molecule has 0 bridgehead atoms. The molecule has 1 nitrogen and oxygen atoms in total. The number of para-hydroxylation sites is 1. The van der Waals surface area contributed by atoms with Crippen molar-refractivity contribution in [2.75, 3.05) is 0 Å². The van der Waals surface area contributed by atoms with Gasteiger partial charge in [0.1, 0.15) is 11.2 Å². The molecule has 0 N–H and O–H groups in total. The first kappa shape index (κ1) is 19.2. The van der Waals surface area contributed by atoms with Gasteiger partial charge in [0.15, 0.2) is 0 Å². The molecular weight excluding hydrogens is 548 g/mol. The number of benzene rings is 5. The molecule has 5 aromatic carbocycles. The minimum absolute atomic E-state index is 0.392. The van der Waals surface area contributed by atoms with Crippen LogP contribution in [0.25, 0.3) is 44.2 Å². The van der Waals surface area contributed by atoms with Gasteiger partial charge in [0.05, 0.1) is 5.41 Å². The first-order chi connectivity index (χ1) is 16.7. The van der Waals surface area contributed by atoms with Crippen LogP contribution in [0.15, 0.2) is 110 Å². The first-order valence-corrected chi connectivity index (χ1v) is 12.9. The molecule has 1 aromatic heterocycles. The van der Waals surface area contributed by atoms with Crippen molar-refractivity contribution in [2.24, 2.45) is 0 Å². The van der Waals surface area contributed by atoms with E-state index in [2.05, 4.69) is 123 Å². The summed E-state index contributed by atoms with van der Waals surface area (Å²) in [6.45, 7) is 0. The van der Waals surface area contributed by atoms with Crippen molar-refractivity contribution in [3.8, 4) is 22.3 Å². The second-order valence-electron chi connectivity index (χ2n) is 9.14. The Morgan fingerprint density at radius 3 is 1.97 bits per heavy atom. The fraction of sp³-hybridized carbons (Fsp3) is 0.0323. The molecule has 1 heterocycles. The summed E-state index contributed by atoms with van der Waals surface area (Å²) >= 11 is 7.54. The third-order valence-electron chi connectivity index (χ3n) is 7.61. The Bertz CT molecular complexity index is 1790. The van der Waals surface area contributed by atoms with Crippen LogP contribution in [-0.4, -0.2) is 0 Å². The van der Waals surface area contributed by atoms with Crippen LogP contribution in [0.3, 0.4) is 0 Å². The van der Waals surface area contributed by atoms with E-state index < -0.39 is 5.41 Å². The molecule has 8 rings (SSSR count). The summed E-state index contributed by atoms with van der Waals surface area (Å²) in [5.41, 5.74) is 11.8. The van der Waals surface area contributed by atoms with Crippen LogP contribution in [0.5, 0.6) is 0 Å². The minimum atomic E-state index is -0.392. The number of fused-ring (bicyclic) bond motifs is 14. The van der Waals surface area contributed by atoms with Crippen molar-refractivity contribution < 1.29 is 4.42 Å². The van der Waals surface area contributed by atoms with E-state index in [1.54, 1.807) is 0 Å². The molecule has 3 heteroatoms. The summed E-state index contributed by atoms with van der Waals surface area (Å²) in [5.74, 6) is 0. The molecule has 2 aliphatic carbocycles. The standard InChI is InChI=1S/C31H16Br2O/c32-17-9-11-19-20-12-10-18(33)16-27(20)31(26(19)15-17)24-7-3-1-6-23(24)29-25(31)14-13-22-21-5-2-4-8-28(21)34-30(22)29/h1-16H. The van der Waals surface area contributed by atoms with E-state index in [4.69, 9.17) is 4.42 Å². The van der Waals surface area contributed by atoms with Gasteiger partial charge in [0.25, 0.3) is 0 Å². The predicted octanol–water partition coefficient (Wildman–Crippen LogP) is 9.45. The lowest BCUT2D eigenvalue weighted by Crippen LogP contribution is -2.25. The Balaban J connectivity index is 1.62. The van der Waals surface area contributed by atoms with E-state index in [9.17, 15) is 0 Å². The van der Waals surface area contributed by atoms with Gasteiger partial charge in [-0.25, -0.2) is 0 Å². The lowest BCUT2D eigenvalue weighted by molar-refractivity contribution is 0.669. The number of hydrogen-bond donors (Lipinski definition) is 0. The van der Waals surface area contributed by atoms with Crippen molar-refractivity contribution in [2.45, 2.75) is 5.41 Å². The monoisotopic (exact) mass is 562 g/mol. The van der Waals surface area contributed by atoms with Gasteiger partial charge in [-0.2, -0.15) is 0 Å². The molecule has 0 unspecified atom stereocenters. The van der Waals surface area contributed by atoms with Gasteiger partial charge < -0.3 is 4.42 Å². The molecule has 2 aliphatic rings. The molecule has 34 heavy (non-hydrogen) atoms. The smallest absolute Gasteiger partial charge is 0.143 e. The summed E-state index contributed by atoms with van der Waals surface area (Å²) in [5, 5.41) is 2.33. The molecule has 0 radical (unpaired) electrons. The molecule has 6 aromatic rings. The van der Waals surface area contributed by atoms with Gasteiger partial charge in [-0.1, -0.05) is 98.6 Å². The van der Waals surface area contributed by atoms with Crippen LogP contribution in [-0.2, 0) is 5.41 Å². The highest BCUT2D eigenvalue weighted by Gasteiger charge is 2.52. The Morgan fingerprint density at radius 2 is 1.21 bits per heavy atom. The zero-order valence-electron chi connectivity index (χ0n) is 17.9. The number of rotatable bonds is 0. The van der Waals surface area contributed by atoms with Gasteiger partial charge in [-0.05, 0) is 69.3 Å². The van der Waals surface area contributed by atoms with Crippen molar-refractivity contribution in [1.29, 1.82) is 0 Å². The van der Waals surface area contributed by atoms with E-state index in [-0.39, 0.29) is 0 Å². The number of hydrogen-bond acceptors (Lipinski definition) is 1. The molecule has 160 valence electrons. The lowest BCUT2D eigenvalue weighted by atomic mass is 9.70. The summed E-state index contributed by atoms with van der Waals surface area (Å²) in [6.07, 6.45) is 0. The van der Waals surface area contributed by atoms with Gasteiger partial charge in [0, 0.05) is 25.3 Å². The highest BCUT2D eigenvalue weighted by molar-refractivity contribution is 9.10. The number of furan rings is 1. The number of halogens is 2. The molecule has 0 saturated heterocycles.